The molecule has 0 amide bonds. The topological polar surface area (TPSA) is 66.8 Å². The van der Waals surface area contributed by atoms with Crippen LogP contribution >= 0.6 is 0 Å². The lowest BCUT2D eigenvalue weighted by atomic mass is 9.75. The van der Waals surface area contributed by atoms with E-state index in [4.69, 9.17) is 9.84 Å². The molecule has 0 aromatic heterocycles. The second-order valence-corrected chi connectivity index (χ2v) is 7.72. The third-order valence-corrected chi connectivity index (χ3v) is 5.85. The predicted octanol–water partition coefficient (Wildman–Crippen LogP) is 4.14. The van der Waals surface area contributed by atoms with E-state index >= 15 is 0 Å². The zero-order valence-corrected chi connectivity index (χ0v) is 15.7. The molecule has 1 aromatic carbocycles. The first-order chi connectivity index (χ1) is 13.1. The number of allylic oxidation sites excluding steroid dienone is 3. The van der Waals surface area contributed by atoms with Crippen LogP contribution in [0, 0.1) is 11.8 Å². The largest absolute Gasteiger partial charge is 0.478 e. The van der Waals surface area contributed by atoms with Crippen molar-refractivity contribution in [3.8, 4) is 0 Å². The first kappa shape index (κ1) is 19.8. The lowest BCUT2D eigenvalue weighted by Crippen LogP contribution is -2.28. The van der Waals surface area contributed by atoms with Gasteiger partial charge in [0.05, 0.1) is 18.3 Å². The van der Waals surface area contributed by atoms with Crippen molar-refractivity contribution in [3.63, 3.8) is 0 Å². The highest BCUT2D eigenvalue weighted by Gasteiger charge is 2.47. The lowest BCUT2D eigenvalue weighted by Gasteiger charge is -2.28. The Morgan fingerprint density at radius 2 is 1.85 bits per heavy atom. The van der Waals surface area contributed by atoms with Gasteiger partial charge in [-0.1, -0.05) is 48.6 Å². The van der Waals surface area contributed by atoms with E-state index in [-0.39, 0.29) is 6.10 Å². The first-order valence-corrected chi connectivity index (χ1v) is 10.1. The Kier molecular flexibility index (Phi) is 7.25. The minimum Gasteiger partial charge on any atom is -0.478 e. The van der Waals surface area contributed by atoms with Gasteiger partial charge in [0, 0.05) is 6.08 Å². The summed E-state index contributed by atoms with van der Waals surface area (Å²) in [4.78, 5) is 10.5. The minimum absolute atomic E-state index is 0.302. The van der Waals surface area contributed by atoms with Gasteiger partial charge in [-0.15, -0.1) is 0 Å². The van der Waals surface area contributed by atoms with Gasteiger partial charge in [0.2, 0.25) is 0 Å². The molecule has 2 bridgehead atoms. The number of carbonyl (C=O) groups is 1. The van der Waals surface area contributed by atoms with Gasteiger partial charge < -0.3 is 14.9 Å². The lowest BCUT2D eigenvalue weighted by molar-refractivity contribution is -0.131. The van der Waals surface area contributed by atoms with E-state index in [1.807, 2.05) is 24.3 Å². The second kappa shape index (κ2) is 9.86. The van der Waals surface area contributed by atoms with Crippen LogP contribution < -0.4 is 0 Å². The standard InChI is InChI=1S/C23H30O4/c24-18(16-17-8-4-3-5-9-17)12-13-20-19(21-14-15-22(20)27-21)10-6-1-2-7-11-23(25)26/h1,3-9,11,18-22,24H,2,10,12-16H2,(H,25,26)/b6-1-,11-7+/t18?,19-,20+,21-,22+/m0/s1. The van der Waals surface area contributed by atoms with E-state index in [0.29, 0.717) is 36.9 Å². The molecule has 2 heterocycles. The molecule has 2 fully saturated rings. The van der Waals surface area contributed by atoms with E-state index in [2.05, 4.69) is 18.2 Å². The molecular weight excluding hydrogens is 340 g/mol. The number of aliphatic hydroxyl groups excluding tert-OH is 1. The van der Waals surface area contributed by atoms with Gasteiger partial charge in [-0.05, 0) is 62.3 Å². The Morgan fingerprint density at radius 1 is 1.11 bits per heavy atom. The molecule has 5 atom stereocenters. The summed E-state index contributed by atoms with van der Waals surface area (Å²) in [5.41, 5.74) is 1.18. The SMILES string of the molecule is O=C(O)/C=C/C/C=C\C[C@H]1[C@@H](CCC(O)Cc2ccccc2)[C@H]2CC[C@@H]1O2. The smallest absolute Gasteiger partial charge is 0.327 e. The summed E-state index contributed by atoms with van der Waals surface area (Å²) in [7, 11) is 0. The van der Waals surface area contributed by atoms with Crippen molar-refractivity contribution in [2.24, 2.45) is 11.8 Å². The fourth-order valence-corrected chi connectivity index (χ4v) is 4.57. The number of benzene rings is 1. The maximum Gasteiger partial charge on any atom is 0.327 e. The summed E-state index contributed by atoms with van der Waals surface area (Å²) in [6.45, 7) is 0. The van der Waals surface area contributed by atoms with Gasteiger partial charge in [0.15, 0.2) is 0 Å². The third-order valence-electron chi connectivity index (χ3n) is 5.85. The van der Waals surface area contributed by atoms with Gasteiger partial charge in [-0.2, -0.15) is 0 Å². The van der Waals surface area contributed by atoms with Crippen LogP contribution in [0.2, 0.25) is 0 Å². The number of hydrogen-bond donors (Lipinski definition) is 2. The van der Waals surface area contributed by atoms with Crippen LogP contribution in [-0.4, -0.2) is 34.5 Å². The molecule has 2 aliphatic heterocycles. The number of ether oxygens (including phenoxy) is 1. The average molecular weight is 370 g/mol. The summed E-state index contributed by atoms with van der Waals surface area (Å²) in [5.74, 6) is 0.139. The molecule has 2 aliphatic rings. The molecule has 1 unspecified atom stereocenters. The number of aliphatic hydroxyl groups is 1. The van der Waals surface area contributed by atoms with Crippen LogP contribution in [0.3, 0.4) is 0 Å². The highest BCUT2D eigenvalue weighted by Crippen LogP contribution is 2.47. The van der Waals surface area contributed by atoms with Crippen molar-refractivity contribution >= 4 is 5.97 Å². The summed E-state index contributed by atoms with van der Waals surface area (Å²) in [6.07, 6.45) is 13.9. The number of carboxylic acids is 1. The molecule has 0 radical (unpaired) electrons. The van der Waals surface area contributed by atoms with Crippen molar-refractivity contribution in [2.45, 2.75) is 63.3 Å². The molecule has 27 heavy (non-hydrogen) atoms. The Hall–Kier alpha value is -1.91. The zero-order chi connectivity index (χ0) is 19.1. The van der Waals surface area contributed by atoms with E-state index in [0.717, 1.165) is 32.1 Å². The fraction of sp³-hybridized carbons (Fsp3) is 0.522. The Bertz CT molecular complexity index is 652. The van der Waals surface area contributed by atoms with E-state index < -0.39 is 5.97 Å². The molecule has 4 nitrogen and oxygen atoms in total. The van der Waals surface area contributed by atoms with Crippen LogP contribution in [0.1, 0.15) is 44.1 Å². The third kappa shape index (κ3) is 5.78. The molecular formula is C23H30O4. The van der Waals surface area contributed by atoms with Crippen molar-refractivity contribution in [1.29, 1.82) is 0 Å². The Labute approximate surface area is 161 Å². The van der Waals surface area contributed by atoms with Crippen LogP contribution in [0.5, 0.6) is 0 Å². The Balaban J connectivity index is 1.46. The number of rotatable bonds is 10. The van der Waals surface area contributed by atoms with Gasteiger partial charge in [0.1, 0.15) is 0 Å². The van der Waals surface area contributed by atoms with Crippen molar-refractivity contribution in [3.05, 3.63) is 60.2 Å². The maximum atomic E-state index is 10.5. The quantitative estimate of drug-likeness (QED) is 0.480. The highest BCUT2D eigenvalue weighted by molar-refractivity contribution is 5.79. The van der Waals surface area contributed by atoms with Crippen molar-refractivity contribution in [1.82, 2.24) is 0 Å². The van der Waals surface area contributed by atoms with Crippen LogP contribution in [0.15, 0.2) is 54.6 Å². The van der Waals surface area contributed by atoms with Crippen LogP contribution in [0.25, 0.3) is 0 Å². The number of fused-ring (bicyclic) bond motifs is 2. The van der Waals surface area contributed by atoms with Gasteiger partial charge in [-0.3, -0.25) is 0 Å². The molecule has 0 aliphatic carbocycles. The Morgan fingerprint density at radius 3 is 2.59 bits per heavy atom. The first-order valence-electron chi connectivity index (χ1n) is 10.1. The van der Waals surface area contributed by atoms with E-state index in [1.54, 1.807) is 6.08 Å². The fourth-order valence-electron chi connectivity index (χ4n) is 4.57. The summed E-state index contributed by atoms with van der Waals surface area (Å²) in [5, 5.41) is 19.0. The van der Waals surface area contributed by atoms with Crippen molar-refractivity contribution in [2.75, 3.05) is 0 Å². The van der Waals surface area contributed by atoms with Crippen LogP contribution in [0.4, 0.5) is 0 Å². The normalized spacial score (nSPS) is 28.3. The van der Waals surface area contributed by atoms with Gasteiger partial charge in [-0.25, -0.2) is 4.79 Å². The minimum atomic E-state index is -0.904. The number of hydrogen-bond acceptors (Lipinski definition) is 3. The van der Waals surface area contributed by atoms with E-state index in [1.165, 1.54) is 11.6 Å². The zero-order valence-electron chi connectivity index (χ0n) is 15.7. The average Bonchev–Trinajstić information content (AvgIpc) is 3.25. The summed E-state index contributed by atoms with van der Waals surface area (Å²) >= 11 is 0. The van der Waals surface area contributed by atoms with Gasteiger partial charge in [0.25, 0.3) is 0 Å². The molecule has 0 saturated carbocycles. The van der Waals surface area contributed by atoms with E-state index in [9.17, 15) is 9.90 Å². The van der Waals surface area contributed by atoms with Gasteiger partial charge >= 0.3 is 5.97 Å². The summed E-state index contributed by atoms with van der Waals surface area (Å²) in [6, 6.07) is 10.2. The molecule has 2 N–H and O–H groups in total. The summed E-state index contributed by atoms with van der Waals surface area (Å²) < 4.78 is 6.15. The molecule has 0 spiro atoms. The molecule has 3 rings (SSSR count). The second-order valence-electron chi connectivity index (χ2n) is 7.72. The molecule has 2 saturated heterocycles. The molecule has 146 valence electrons. The molecule has 4 heteroatoms. The number of carboxylic acid groups (broad SMARTS) is 1. The maximum absolute atomic E-state index is 10.5. The van der Waals surface area contributed by atoms with Crippen molar-refractivity contribution < 1.29 is 19.7 Å². The molecule has 1 aromatic rings. The predicted molar refractivity (Wildman–Crippen MR) is 105 cm³/mol. The number of aliphatic carboxylic acids is 1. The van der Waals surface area contributed by atoms with Crippen LogP contribution in [-0.2, 0) is 16.0 Å². The monoisotopic (exact) mass is 370 g/mol. The highest BCUT2D eigenvalue weighted by atomic mass is 16.5.